The van der Waals surface area contributed by atoms with E-state index in [1.807, 2.05) is 0 Å². The number of nitrogens with zero attached hydrogens (tertiary/aromatic N) is 4. The van der Waals surface area contributed by atoms with Crippen LogP contribution in [0.1, 0.15) is 11.1 Å². The zero-order chi connectivity index (χ0) is 19.6. The van der Waals surface area contributed by atoms with E-state index < -0.39 is 17.6 Å². The Kier molecular flexibility index (Phi) is 5.13. The van der Waals surface area contributed by atoms with Crippen molar-refractivity contribution < 1.29 is 18.0 Å². The number of aryl methyl sites for hydroxylation is 1. The molecular formula is C17H13ClF3N5O. The standard InChI is InChI=1S/C17H13ClF3N5O/c1-10-7-13(18)5-6-14(10)22-15(27)9-26-24-16(23-25-26)11-3-2-4-12(8-11)17(19,20)21/h2-8H,9H2,1H3,(H,22,27). The van der Waals surface area contributed by atoms with Crippen molar-refractivity contribution in [1.82, 2.24) is 20.2 Å². The normalized spacial score (nSPS) is 11.4. The number of rotatable bonds is 4. The molecule has 10 heteroatoms. The predicted octanol–water partition coefficient (Wildman–Crippen LogP) is 3.96. The molecule has 0 saturated heterocycles. The van der Waals surface area contributed by atoms with E-state index in [9.17, 15) is 18.0 Å². The van der Waals surface area contributed by atoms with Crippen molar-refractivity contribution in [2.24, 2.45) is 0 Å². The summed E-state index contributed by atoms with van der Waals surface area (Å²) in [6, 6.07) is 9.59. The van der Waals surface area contributed by atoms with Crippen molar-refractivity contribution in [3.05, 3.63) is 58.6 Å². The zero-order valence-corrected chi connectivity index (χ0v) is 14.7. The summed E-state index contributed by atoms with van der Waals surface area (Å²) in [6.45, 7) is 1.55. The zero-order valence-electron chi connectivity index (χ0n) is 14.0. The lowest BCUT2D eigenvalue weighted by molar-refractivity contribution is -0.137. The van der Waals surface area contributed by atoms with Crippen LogP contribution in [-0.4, -0.2) is 26.1 Å². The highest BCUT2D eigenvalue weighted by atomic mass is 35.5. The number of carbonyl (C=O) groups excluding carboxylic acids is 1. The number of hydrogen-bond acceptors (Lipinski definition) is 4. The molecule has 0 aliphatic carbocycles. The summed E-state index contributed by atoms with van der Waals surface area (Å²) < 4.78 is 38.4. The van der Waals surface area contributed by atoms with Crippen molar-refractivity contribution in [1.29, 1.82) is 0 Å². The summed E-state index contributed by atoms with van der Waals surface area (Å²) >= 11 is 5.87. The van der Waals surface area contributed by atoms with Crippen LogP contribution >= 0.6 is 11.6 Å². The van der Waals surface area contributed by atoms with Crippen molar-refractivity contribution in [3.8, 4) is 11.4 Å². The van der Waals surface area contributed by atoms with E-state index in [1.165, 1.54) is 12.1 Å². The van der Waals surface area contributed by atoms with Gasteiger partial charge in [-0.3, -0.25) is 4.79 Å². The molecule has 0 saturated carbocycles. The lowest BCUT2D eigenvalue weighted by Gasteiger charge is -2.08. The van der Waals surface area contributed by atoms with Crippen LogP contribution < -0.4 is 5.32 Å². The van der Waals surface area contributed by atoms with E-state index in [0.717, 1.165) is 22.5 Å². The molecule has 1 N–H and O–H groups in total. The maximum absolute atomic E-state index is 12.8. The molecule has 0 bridgehead atoms. The summed E-state index contributed by atoms with van der Waals surface area (Å²) in [5.41, 5.74) is 0.715. The maximum Gasteiger partial charge on any atom is 0.416 e. The molecule has 1 amide bonds. The Morgan fingerprint density at radius 1 is 1.22 bits per heavy atom. The Balaban J connectivity index is 1.72. The van der Waals surface area contributed by atoms with Crippen LogP contribution in [0, 0.1) is 6.92 Å². The summed E-state index contributed by atoms with van der Waals surface area (Å²) in [5.74, 6) is -0.412. The molecule has 1 aromatic heterocycles. The molecule has 0 fully saturated rings. The van der Waals surface area contributed by atoms with Crippen molar-refractivity contribution in [2.75, 3.05) is 5.32 Å². The third-order valence-corrected chi connectivity index (χ3v) is 3.88. The highest BCUT2D eigenvalue weighted by Crippen LogP contribution is 2.31. The number of anilines is 1. The maximum atomic E-state index is 12.8. The van der Waals surface area contributed by atoms with E-state index in [-0.39, 0.29) is 17.9 Å². The van der Waals surface area contributed by atoms with Crippen LogP contribution in [-0.2, 0) is 17.5 Å². The van der Waals surface area contributed by atoms with Crippen molar-refractivity contribution in [2.45, 2.75) is 19.6 Å². The Morgan fingerprint density at radius 3 is 2.70 bits per heavy atom. The molecule has 27 heavy (non-hydrogen) atoms. The van der Waals surface area contributed by atoms with Gasteiger partial charge in [0.05, 0.1) is 5.56 Å². The van der Waals surface area contributed by atoms with Gasteiger partial charge in [-0.25, -0.2) is 0 Å². The SMILES string of the molecule is Cc1cc(Cl)ccc1NC(=O)Cn1nnc(-c2cccc(C(F)(F)F)c2)n1. The molecule has 0 radical (unpaired) electrons. The van der Waals surface area contributed by atoms with Gasteiger partial charge in [0.25, 0.3) is 0 Å². The Hall–Kier alpha value is -2.94. The van der Waals surface area contributed by atoms with Gasteiger partial charge in [0, 0.05) is 16.3 Å². The number of benzene rings is 2. The fourth-order valence-electron chi connectivity index (χ4n) is 2.35. The van der Waals surface area contributed by atoms with Crippen molar-refractivity contribution in [3.63, 3.8) is 0 Å². The first-order valence-electron chi connectivity index (χ1n) is 7.74. The minimum Gasteiger partial charge on any atom is -0.324 e. The second-order valence-electron chi connectivity index (χ2n) is 5.73. The number of tetrazole rings is 1. The van der Waals surface area contributed by atoms with Gasteiger partial charge in [0.1, 0.15) is 6.54 Å². The van der Waals surface area contributed by atoms with E-state index in [1.54, 1.807) is 25.1 Å². The van der Waals surface area contributed by atoms with Crippen LogP contribution in [0.3, 0.4) is 0 Å². The number of alkyl halides is 3. The second kappa shape index (κ2) is 7.36. The number of amides is 1. The highest BCUT2D eigenvalue weighted by molar-refractivity contribution is 6.30. The monoisotopic (exact) mass is 395 g/mol. The third kappa shape index (κ3) is 4.62. The van der Waals surface area contributed by atoms with Gasteiger partial charge in [-0.2, -0.15) is 18.0 Å². The summed E-state index contributed by atoms with van der Waals surface area (Å²) in [7, 11) is 0. The Labute approximate surface area is 157 Å². The molecule has 0 unspecified atom stereocenters. The Bertz CT molecular complexity index is 987. The fraction of sp³-hybridized carbons (Fsp3) is 0.176. The fourth-order valence-corrected chi connectivity index (χ4v) is 2.57. The lowest BCUT2D eigenvalue weighted by atomic mass is 10.1. The van der Waals surface area contributed by atoms with Gasteiger partial charge in [-0.1, -0.05) is 23.7 Å². The van der Waals surface area contributed by atoms with E-state index in [0.29, 0.717) is 10.7 Å². The molecule has 0 aliphatic rings. The molecule has 1 heterocycles. The topological polar surface area (TPSA) is 72.7 Å². The van der Waals surface area contributed by atoms with Crippen LogP contribution in [0.25, 0.3) is 11.4 Å². The minimum absolute atomic E-state index is 0.00317. The second-order valence-corrected chi connectivity index (χ2v) is 6.17. The summed E-state index contributed by atoms with van der Waals surface area (Å²) in [5, 5.41) is 14.6. The average Bonchev–Trinajstić information content (AvgIpc) is 3.05. The molecule has 140 valence electrons. The number of hydrogen-bond donors (Lipinski definition) is 1. The van der Waals surface area contributed by atoms with Crippen LogP contribution in [0.5, 0.6) is 0 Å². The van der Waals surface area contributed by atoms with Gasteiger partial charge in [-0.15, -0.1) is 10.2 Å². The first-order chi connectivity index (χ1) is 12.7. The molecule has 0 atom stereocenters. The minimum atomic E-state index is -4.47. The van der Waals surface area contributed by atoms with Crippen LogP contribution in [0.15, 0.2) is 42.5 Å². The van der Waals surface area contributed by atoms with Crippen LogP contribution in [0.4, 0.5) is 18.9 Å². The predicted molar refractivity (Wildman–Crippen MR) is 93.1 cm³/mol. The van der Waals surface area contributed by atoms with Gasteiger partial charge < -0.3 is 5.32 Å². The molecule has 3 rings (SSSR count). The molecule has 0 spiro atoms. The number of carbonyl (C=O) groups is 1. The number of aromatic nitrogens is 4. The molecule has 6 nitrogen and oxygen atoms in total. The first kappa shape index (κ1) is 18.8. The van der Waals surface area contributed by atoms with E-state index in [2.05, 4.69) is 20.7 Å². The van der Waals surface area contributed by atoms with Gasteiger partial charge in [-0.05, 0) is 48.0 Å². The number of nitrogens with one attached hydrogen (secondary N) is 1. The first-order valence-corrected chi connectivity index (χ1v) is 8.11. The average molecular weight is 396 g/mol. The highest BCUT2D eigenvalue weighted by Gasteiger charge is 2.30. The smallest absolute Gasteiger partial charge is 0.324 e. The van der Waals surface area contributed by atoms with Crippen molar-refractivity contribution >= 4 is 23.2 Å². The van der Waals surface area contributed by atoms with Gasteiger partial charge in [0.2, 0.25) is 11.7 Å². The Morgan fingerprint density at radius 2 is 2.00 bits per heavy atom. The number of halogens is 4. The third-order valence-electron chi connectivity index (χ3n) is 3.65. The van der Waals surface area contributed by atoms with Gasteiger partial charge >= 0.3 is 6.18 Å². The van der Waals surface area contributed by atoms with Crippen LogP contribution in [0.2, 0.25) is 5.02 Å². The summed E-state index contributed by atoms with van der Waals surface area (Å²) in [6.07, 6.45) is -4.47. The molecule has 0 aliphatic heterocycles. The van der Waals surface area contributed by atoms with Gasteiger partial charge in [0.15, 0.2) is 0 Å². The molecule has 2 aromatic carbocycles. The lowest BCUT2D eigenvalue weighted by Crippen LogP contribution is -2.20. The quantitative estimate of drug-likeness (QED) is 0.725. The molecule has 3 aromatic rings. The van der Waals surface area contributed by atoms with E-state index in [4.69, 9.17) is 11.6 Å². The van der Waals surface area contributed by atoms with E-state index >= 15 is 0 Å². The largest absolute Gasteiger partial charge is 0.416 e. The molecular weight excluding hydrogens is 383 g/mol. The summed E-state index contributed by atoms with van der Waals surface area (Å²) in [4.78, 5) is 13.1.